The summed E-state index contributed by atoms with van der Waals surface area (Å²) in [4.78, 5) is 23.4. The van der Waals surface area contributed by atoms with Crippen molar-refractivity contribution in [1.29, 1.82) is 0 Å². The third kappa shape index (κ3) is 1.23. The van der Waals surface area contributed by atoms with E-state index in [2.05, 4.69) is 0 Å². The van der Waals surface area contributed by atoms with Crippen molar-refractivity contribution < 1.29 is 9.59 Å². The second-order valence-corrected chi connectivity index (χ2v) is 4.63. The van der Waals surface area contributed by atoms with Crippen LogP contribution >= 0.6 is 0 Å². The molecule has 0 aromatic carbocycles. The SMILES string of the molecule is CC1CC2C(=O)C(C)CCC2C1=O. The topological polar surface area (TPSA) is 34.1 Å². The molecule has 72 valence electrons. The minimum atomic E-state index is 0.0752. The molecule has 0 heterocycles. The fraction of sp³-hybridized carbons (Fsp3) is 0.818. The largest absolute Gasteiger partial charge is 0.299 e. The first kappa shape index (κ1) is 8.92. The van der Waals surface area contributed by atoms with E-state index >= 15 is 0 Å². The maximum atomic E-state index is 11.7. The Kier molecular flexibility index (Phi) is 2.01. The van der Waals surface area contributed by atoms with Gasteiger partial charge in [-0.1, -0.05) is 13.8 Å². The van der Waals surface area contributed by atoms with Gasteiger partial charge in [-0.2, -0.15) is 0 Å². The van der Waals surface area contributed by atoms with Gasteiger partial charge in [0.1, 0.15) is 11.6 Å². The Hall–Kier alpha value is -0.660. The molecule has 0 bridgehead atoms. The van der Waals surface area contributed by atoms with Gasteiger partial charge in [0.15, 0.2) is 0 Å². The van der Waals surface area contributed by atoms with E-state index < -0.39 is 0 Å². The normalized spacial score (nSPS) is 45.1. The van der Waals surface area contributed by atoms with Crippen LogP contribution in [0, 0.1) is 23.7 Å². The third-order valence-corrected chi connectivity index (χ3v) is 3.71. The Labute approximate surface area is 78.7 Å². The van der Waals surface area contributed by atoms with E-state index in [1.54, 1.807) is 0 Å². The van der Waals surface area contributed by atoms with Crippen molar-refractivity contribution in [3.05, 3.63) is 0 Å². The van der Waals surface area contributed by atoms with Crippen LogP contribution in [0.4, 0.5) is 0 Å². The van der Waals surface area contributed by atoms with Crippen LogP contribution in [0.25, 0.3) is 0 Å². The van der Waals surface area contributed by atoms with Gasteiger partial charge in [0.2, 0.25) is 0 Å². The summed E-state index contributed by atoms with van der Waals surface area (Å²) < 4.78 is 0. The quantitative estimate of drug-likeness (QED) is 0.570. The van der Waals surface area contributed by atoms with E-state index in [1.165, 1.54) is 0 Å². The number of Topliss-reactive ketones (excluding diaryl/α,β-unsaturated/α-hetero) is 2. The van der Waals surface area contributed by atoms with E-state index in [0.29, 0.717) is 11.6 Å². The molecule has 4 atom stereocenters. The lowest BCUT2D eigenvalue weighted by atomic mass is 9.75. The molecular formula is C11H16O2. The molecular weight excluding hydrogens is 164 g/mol. The average Bonchev–Trinajstić information content (AvgIpc) is 2.38. The van der Waals surface area contributed by atoms with Crippen LogP contribution in [-0.2, 0) is 9.59 Å². The van der Waals surface area contributed by atoms with Crippen LogP contribution in [0.3, 0.4) is 0 Å². The maximum Gasteiger partial charge on any atom is 0.139 e. The zero-order valence-electron chi connectivity index (χ0n) is 8.25. The predicted octanol–water partition coefficient (Wildman–Crippen LogP) is 1.83. The Morgan fingerprint density at radius 1 is 0.923 bits per heavy atom. The Morgan fingerprint density at radius 2 is 1.54 bits per heavy atom. The lowest BCUT2D eigenvalue weighted by molar-refractivity contribution is -0.134. The molecule has 0 aromatic rings. The number of hydrogen-bond donors (Lipinski definition) is 0. The Bertz CT molecular complexity index is 257. The third-order valence-electron chi connectivity index (χ3n) is 3.71. The van der Waals surface area contributed by atoms with E-state index in [1.807, 2.05) is 13.8 Å². The molecule has 0 spiro atoms. The minimum Gasteiger partial charge on any atom is -0.299 e. The summed E-state index contributed by atoms with van der Waals surface area (Å²) in [5.74, 6) is 1.16. The zero-order chi connectivity index (χ0) is 9.59. The van der Waals surface area contributed by atoms with Crippen molar-refractivity contribution in [3.8, 4) is 0 Å². The molecule has 2 aliphatic rings. The lowest BCUT2D eigenvalue weighted by Gasteiger charge is -2.26. The van der Waals surface area contributed by atoms with Crippen molar-refractivity contribution >= 4 is 11.6 Å². The second kappa shape index (κ2) is 2.93. The summed E-state index contributed by atoms with van der Waals surface area (Å²) in [5.41, 5.74) is 0. The van der Waals surface area contributed by atoms with Gasteiger partial charge in [0, 0.05) is 23.7 Å². The molecule has 2 rings (SSSR count). The van der Waals surface area contributed by atoms with E-state index in [4.69, 9.17) is 0 Å². The molecule has 0 N–H and O–H groups in total. The summed E-state index contributed by atoms with van der Waals surface area (Å²) in [5, 5.41) is 0. The van der Waals surface area contributed by atoms with Gasteiger partial charge in [-0.15, -0.1) is 0 Å². The lowest BCUT2D eigenvalue weighted by Crippen LogP contribution is -2.32. The summed E-state index contributed by atoms with van der Waals surface area (Å²) in [6, 6.07) is 0. The van der Waals surface area contributed by atoms with Gasteiger partial charge < -0.3 is 0 Å². The van der Waals surface area contributed by atoms with Gasteiger partial charge in [0.05, 0.1) is 0 Å². The maximum absolute atomic E-state index is 11.7. The number of ketones is 2. The van der Waals surface area contributed by atoms with Gasteiger partial charge in [0.25, 0.3) is 0 Å². The average molecular weight is 180 g/mol. The number of hydrogen-bond acceptors (Lipinski definition) is 2. The van der Waals surface area contributed by atoms with Gasteiger partial charge in [-0.3, -0.25) is 9.59 Å². The second-order valence-electron chi connectivity index (χ2n) is 4.63. The minimum absolute atomic E-state index is 0.0752. The Morgan fingerprint density at radius 3 is 2.23 bits per heavy atom. The molecule has 13 heavy (non-hydrogen) atoms. The van der Waals surface area contributed by atoms with Crippen LogP contribution in [0.1, 0.15) is 33.1 Å². The first-order valence-corrected chi connectivity index (χ1v) is 5.18. The van der Waals surface area contributed by atoms with Crippen molar-refractivity contribution in [2.75, 3.05) is 0 Å². The van der Waals surface area contributed by atoms with E-state index in [0.717, 1.165) is 19.3 Å². The summed E-state index contributed by atoms with van der Waals surface area (Å²) in [7, 11) is 0. The van der Waals surface area contributed by atoms with Crippen molar-refractivity contribution in [2.24, 2.45) is 23.7 Å². The van der Waals surface area contributed by atoms with E-state index in [-0.39, 0.29) is 23.7 Å². The van der Waals surface area contributed by atoms with E-state index in [9.17, 15) is 9.59 Å². The first-order chi connectivity index (χ1) is 6.11. The number of fused-ring (bicyclic) bond motifs is 1. The first-order valence-electron chi connectivity index (χ1n) is 5.18. The molecule has 2 heteroatoms. The van der Waals surface area contributed by atoms with Gasteiger partial charge in [-0.25, -0.2) is 0 Å². The molecule has 0 aromatic heterocycles. The molecule has 2 aliphatic carbocycles. The molecule has 0 aliphatic heterocycles. The molecule has 0 amide bonds. The zero-order valence-corrected chi connectivity index (χ0v) is 8.25. The fourth-order valence-corrected chi connectivity index (χ4v) is 2.82. The Balaban J connectivity index is 2.22. The van der Waals surface area contributed by atoms with Crippen molar-refractivity contribution in [2.45, 2.75) is 33.1 Å². The fourth-order valence-electron chi connectivity index (χ4n) is 2.82. The summed E-state index contributed by atoms with van der Waals surface area (Å²) in [6.07, 6.45) is 2.67. The number of rotatable bonds is 0. The monoisotopic (exact) mass is 180 g/mol. The molecule has 0 saturated heterocycles. The van der Waals surface area contributed by atoms with Gasteiger partial charge >= 0.3 is 0 Å². The molecule has 0 radical (unpaired) electrons. The highest BCUT2D eigenvalue weighted by Gasteiger charge is 2.46. The van der Waals surface area contributed by atoms with Crippen LogP contribution in [0.15, 0.2) is 0 Å². The molecule has 2 nitrogen and oxygen atoms in total. The van der Waals surface area contributed by atoms with Crippen molar-refractivity contribution in [1.82, 2.24) is 0 Å². The van der Waals surface area contributed by atoms with Crippen LogP contribution in [0.5, 0.6) is 0 Å². The smallest absolute Gasteiger partial charge is 0.139 e. The van der Waals surface area contributed by atoms with Crippen LogP contribution < -0.4 is 0 Å². The molecule has 2 saturated carbocycles. The highest BCUT2D eigenvalue weighted by atomic mass is 16.1. The summed E-state index contributed by atoms with van der Waals surface area (Å²) in [6.45, 7) is 3.95. The molecule has 2 fully saturated rings. The standard InChI is InChI=1S/C11H16O2/c1-6-3-4-8-9(10(6)12)5-7(2)11(8)13/h6-9H,3-5H2,1-2H3. The number of carbonyl (C=O) groups is 2. The van der Waals surface area contributed by atoms with Crippen LogP contribution in [0.2, 0.25) is 0 Å². The predicted molar refractivity (Wildman–Crippen MR) is 49.2 cm³/mol. The highest BCUT2D eigenvalue weighted by molar-refractivity contribution is 5.95. The van der Waals surface area contributed by atoms with Crippen LogP contribution in [-0.4, -0.2) is 11.6 Å². The number of carbonyl (C=O) groups excluding carboxylic acids is 2. The van der Waals surface area contributed by atoms with Gasteiger partial charge in [-0.05, 0) is 19.3 Å². The van der Waals surface area contributed by atoms with Crippen molar-refractivity contribution in [3.63, 3.8) is 0 Å². The molecule has 4 unspecified atom stereocenters. The summed E-state index contributed by atoms with van der Waals surface area (Å²) >= 11 is 0. The highest BCUT2D eigenvalue weighted by Crippen LogP contribution is 2.42.